The lowest BCUT2D eigenvalue weighted by Gasteiger charge is -2.29. The highest BCUT2D eigenvalue weighted by molar-refractivity contribution is 5.52. The van der Waals surface area contributed by atoms with Crippen molar-refractivity contribution in [2.24, 2.45) is 0 Å². The lowest BCUT2D eigenvalue weighted by molar-refractivity contribution is 0.111. The molecule has 2 rings (SSSR count). The van der Waals surface area contributed by atoms with Gasteiger partial charge in [0.05, 0.1) is 12.7 Å². The van der Waals surface area contributed by atoms with Gasteiger partial charge < -0.3 is 14.4 Å². The number of para-hydroxylation sites is 1. The fourth-order valence-corrected chi connectivity index (χ4v) is 2.16. The first-order valence-electron chi connectivity index (χ1n) is 6.17. The van der Waals surface area contributed by atoms with E-state index >= 15 is 0 Å². The first kappa shape index (κ1) is 12.7. The zero-order chi connectivity index (χ0) is 13.0. The Morgan fingerprint density at radius 2 is 2.06 bits per heavy atom. The van der Waals surface area contributed by atoms with Crippen LogP contribution in [0.15, 0.2) is 18.2 Å². The van der Waals surface area contributed by atoms with Gasteiger partial charge >= 0.3 is 0 Å². The molecule has 0 atom stereocenters. The summed E-state index contributed by atoms with van der Waals surface area (Å²) in [5, 5.41) is 9.12. The summed E-state index contributed by atoms with van der Waals surface area (Å²) >= 11 is 0. The molecular formula is C14H18N2O2. The second-order valence-electron chi connectivity index (χ2n) is 4.57. The molecule has 0 unspecified atom stereocenters. The molecule has 4 nitrogen and oxygen atoms in total. The smallest absolute Gasteiger partial charge is 0.179 e. The minimum absolute atomic E-state index is 0.171. The van der Waals surface area contributed by atoms with Crippen molar-refractivity contribution in [3.63, 3.8) is 0 Å². The third kappa shape index (κ3) is 2.74. The number of nitrogens with zero attached hydrogens (tertiary/aromatic N) is 2. The van der Waals surface area contributed by atoms with Crippen LogP contribution in [0.3, 0.4) is 0 Å². The van der Waals surface area contributed by atoms with E-state index in [1.54, 1.807) is 19.2 Å². The second kappa shape index (κ2) is 5.74. The quantitative estimate of drug-likeness (QED) is 0.818. The van der Waals surface area contributed by atoms with Gasteiger partial charge in [-0.05, 0) is 32.0 Å². The third-order valence-corrected chi connectivity index (χ3v) is 3.27. The minimum Gasteiger partial charge on any atom is -0.493 e. The molecule has 96 valence electrons. The van der Waals surface area contributed by atoms with Crippen molar-refractivity contribution >= 4 is 0 Å². The van der Waals surface area contributed by atoms with Crippen molar-refractivity contribution in [1.29, 1.82) is 5.26 Å². The summed E-state index contributed by atoms with van der Waals surface area (Å²) in [6.45, 7) is 2.06. The number of nitriles is 1. The predicted octanol–water partition coefficient (Wildman–Crippen LogP) is 2.04. The van der Waals surface area contributed by atoms with Crippen molar-refractivity contribution in [2.75, 3.05) is 27.2 Å². The summed E-state index contributed by atoms with van der Waals surface area (Å²) in [5.41, 5.74) is 0.535. The van der Waals surface area contributed by atoms with Gasteiger partial charge in [-0.15, -0.1) is 0 Å². The molecule has 1 heterocycles. The van der Waals surface area contributed by atoms with E-state index in [2.05, 4.69) is 18.0 Å². The van der Waals surface area contributed by atoms with Crippen LogP contribution in [-0.2, 0) is 0 Å². The summed E-state index contributed by atoms with van der Waals surface area (Å²) in [7, 11) is 3.71. The third-order valence-electron chi connectivity index (χ3n) is 3.27. The van der Waals surface area contributed by atoms with E-state index < -0.39 is 0 Å². The van der Waals surface area contributed by atoms with Gasteiger partial charge in [-0.25, -0.2) is 0 Å². The molecule has 1 aromatic rings. The van der Waals surface area contributed by atoms with Gasteiger partial charge in [0.25, 0.3) is 0 Å². The fourth-order valence-electron chi connectivity index (χ4n) is 2.16. The van der Waals surface area contributed by atoms with E-state index in [4.69, 9.17) is 14.7 Å². The molecule has 0 radical (unpaired) electrons. The van der Waals surface area contributed by atoms with Crippen molar-refractivity contribution in [3.05, 3.63) is 23.8 Å². The maximum atomic E-state index is 9.12. The van der Waals surface area contributed by atoms with Crippen LogP contribution >= 0.6 is 0 Å². The van der Waals surface area contributed by atoms with Crippen LogP contribution in [0.2, 0.25) is 0 Å². The SMILES string of the molecule is COc1cccc(C#N)c1OC1CCN(C)CC1. The molecule has 0 saturated carbocycles. The van der Waals surface area contributed by atoms with E-state index in [1.165, 1.54) is 0 Å². The summed E-state index contributed by atoms with van der Waals surface area (Å²) in [6, 6.07) is 7.54. The molecule has 0 aliphatic carbocycles. The van der Waals surface area contributed by atoms with E-state index in [0.29, 0.717) is 17.1 Å². The van der Waals surface area contributed by atoms with Crippen LogP contribution in [0.5, 0.6) is 11.5 Å². The number of piperidine rings is 1. The first-order valence-corrected chi connectivity index (χ1v) is 6.17. The lowest BCUT2D eigenvalue weighted by atomic mass is 10.1. The topological polar surface area (TPSA) is 45.5 Å². The number of methoxy groups -OCH3 is 1. The molecule has 1 aliphatic rings. The first-order chi connectivity index (χ1) is 8.74. The Morgan fingerprint density at radius 3 is 2.67 bits per heavy atom. The van der Waals surface area contributed by atoms with Crippen LogP contribution < -0.4 is 9.47 Å². The molecule has 1 saturated heterocycles. The number of hydrogen-bond acceptors (Lipinski definition) is 4. The summed E-state index contributed by atoms with van der Waals surface area (Å²) in [6.07, 6.45) is 2.14. The molecule has 1 aromatic carbocycles. The Hall–Kier alpha value is -1.73. The van der Waals surface area contributed by atoms with Gasteiger partial charge in [0.2, 0.25) is 0 Å². The molecule has 4 heteroatoms. The summed E-state index contributed by atoms with van der Waals surface area (Å²) in [5.74, 6) is 1.21. The van der Waals surface area contributed by atoms with Gasteiger partial charge in [0.15, 0.2) is 11.5 Å². The van der Waals surface area contributed by atoms with E-state index in [9.17, 15) is 0 Å². The largest absolute Gasteiger partial charge is 0.493 e. The van der Waals surface area contributed by atoms with Crippen LogP contribution in [0.1, 0.15) is 18.4 Å². The highest BCUT2D eigenvalue weighted by Gasteiger charge is 2.21. The molecule has 0 bridgehead atoms. The molecule has 0 spiro atoms. The van der Waals surface area contributed by atoms with E-state index in [0.717, 1.165) is 25.9 Å². The normalized spacial score (nSPS) is 17.2. The fraction of sp³-hybridized carbons (Fsp3) is 0.500. The minimum atomic E-state index is 0.171. The predicted molar refractivity (Wildman–Crippen MR) is 68.9 cm³/mol. The Bertz CT molecular complexity index is 446. The number of likely N-dealkylation sites (tertiary alicyclic amines) is 1. The molecule has 18 heavy (non-hydrogen) atoms. The van der Waals surface area contributed by atoms with Gasteiger partial charge in [0, 0.05) is 13.1 Å². The van der Waals surface area contributed by atoms with E-state index in [1.807, 2.05) is 6.07 Å². The molecule has 1 aliphatic heterocycles. The van der Waals surface area contributed by atoms with Gasteiger partial charge in [-0.3, -0.25) is 0 Å². The molecule has 0 aromatic heterocycles. The summed E-state index contributed by atoms with van der Waals surface area (Å²) < 4.78 is 11.2. The van der Waals surface area contributed by atoms with Crippen LogP contribution in [0, 0.1) is 11.3 Å². The van der Waals surface area contributed by atoms with Crippen LogP contribution in [-0.4, -0.2) is 38.3 Å². The molecular weight excluding hydrogens is 228 g/mol. The van der Waals surface area contributed by atoms with E-state index in [-0.39, 0.29) is 6.10 Å². The zero-order valence-corrected chi connectivity index (χ0v) is 10.8. The molecule has 1 fully saturated rings. The van der Waals surface area contributed by atoms with Crippen LogP contribution in [0.4, 0.5) is 0 Å². The number of rotatable bonds is 3. The van der Waals surface area contributed by atoms with Gasteiger partial charge in [0.1, 0.15) is 12.2 Å². The Labute approximate surface area is 108 Å². The number of ether oxygens (including phenoxy) is 2. The standard InChI is InChI=1S/C14H18N2O2/c1-16-8-6-12(7-9-16)18-14-11(10-15)4-3-5-13(14)17-2/h3-5,12H,6-9H2,1-2H3. The van der Waals surface area contributed by atoms with Gasteiger partial charge in [-0.2, -0.15) is 5.26 Å². The summed E-state index contributed by atoms with van der Waals surface area (Å²) in [4.78, 5) is 2.29. The maximum Gasteiger partial charge on any atom is 0.179 e. The Morgan fingerprint density at radius 1 is 1.33 bits per heavy atom. The maximum absolute atomic E-state index is 9.12. The lowest BCUT2D eigenvalue weighted by Crippen LogP contribution is -2.35. The molecule has 0 N–H and O–H groups in total. The van der Waals surface area contributed by atoms with Gasteiger partial charge in [-0.1, -0.05) is 6.07 Å². The van der Waals surface area contributed by atoms with Crippen molar-refractivity contribution in [1.82, 2.24) is 4.90 Å². The van der Waals surface area contributed by atoms with Crippen LogP contribution in [0.25, 0.3) is 0 Å². The number of hydrogen-bond donors (Lipinski definition) is 0. The van der Waals surface area contributed by atoms with Crippen molar-refractivity contribution < 1.29 is 9.47 Å². The highest BCUT2D eigenvalue weighted by atomic mass is 16.5. The van der Waals surface area contributed by atoms with Crippen molar-refractivity contribution in [2.45, 2.75) is 18.9 Å². The Kier molecular flexibility index (Phi) is 4.06. The molecule has 0 amide bonds. The number of benzene rings is 1. The van der Waals surface area contributed by atoms with Crippen molar-refractivity contribution in [3.8, 4) is 17.6 Å². The highest BCUT2D eigenvalue weighted by Crippen LogP contribution is 2.32. The second-order valence-corrected chi connectivity index (χ2v) is 4.57. The zero-order valence-electron chi connectivity index (χ0n) is 10.8. The monoisotopic (exact) mass is 246 g/mol. The average molecular weight is 246 g/mol. The Balaban J connectivity index is 2.15. The average Bonchev–Trinajstić information content (AvgIpc) is 2.41.